The molecule has 0 aliphatic heterocycles. The van der Waals surface area contributed by atoms with Gasteiger partial charge in [0, 0.05) is 45.3 Å². The third-order valence-corrected chi connectivity index (χ3v) is 13.6. The number of para-hydroxylation sites is 5. The van der Waals surface area contributed by atoms with E-state index in [9.17, 15) is 0 Å². The fourth-order valence-corrected chi connectivity index (χ4v) is 10.8. The third kappa shape index (κ3) is 6.15. The lowest BCUT2D eigenvalue weighted by Crippen LogP contribution is -2.25. The Kier molecular flexibility index (Phi) is 9.04. The molecule has 10 aromatic carbocycles. The maximum Gasteiger partial charge on any atom is 0.0973 e. The van der Waals surface area contributed by atoms with Crippen LogP contribution in [0.3, 0.4) is 0 Å². The van der Waals surface area contributed by atoms with Crippen molar-refractivity contribution >= 4 is 45.2 Å². The average molecular weight is 855 g/mol. The van der Waals surface area contributed by atoms with Gasteiger partial charge in [0.1, 0.15) is 0 Å². The van der Waals surface area contributed by atoms with Crippen LogP contribution in [0, 0.1) is 0 Å². The molecular formula is C63H42N4. The molecule has 0 N–H and O–H groups in total. The molecule has 0 unspecified atom stereocenters. The van der Waals surface area contributed by atoms with E-state index >= 15 is 0 Å². The van der Waals surface area contributed by atoms with Crippen LogP contribution in [0.15, 0.2) is 255 Å². The van der Waals surface area contributed by atoms with E-state index in [-0.39, 0.29) is 0 Å². The average Bonchev–Trinajstić information content (AvgIpc) is 3.87. The van der Waals surface area contributed by atoms with E-state index in [0.29, 0.717) is 0 Å². The molecule has 4 heteroatoms. The second kappa shape index (κ2) is 15.7. The summed E-state index contributed by atoms with van der Waals surface area (Å²) in [4.78, 5) is 15.4. The topological polar surface area (TPSA) is 32.3 Å². The molecule has 1 heterocycles. The van der Waals surface area contributed by atoms with Crippen LogP contribution in [0.1, 0.15) is 22.3 Å². The number of rotatable bonds is 8. The Morgan fingerprint density at radius 1 is 0.254 bits per heavy atom. The summed E-state index contributed by atoms with van der Waals surface area (Å²) >= 11 is 0. The first kappa shape index (κ1) is 38.6. The minimum absolute atomic E-state index is 0.457. The van der Waals surface area contributed by atoms with Crippen molar-refractivity contribution in [3.63, 3.8) is 0 Å². The number of benzene rings is 10. The van der Waals surface area contributed by atoms with Crippen LogP contribution in [0.25, 0.3) is 55.8 Å². The van der Waals surface area contributed by atoms with E-state index in [0.717, 1.165) is 67.7 Å². The Morgan fingerprint density at radius 3 is 1.00 bits per heavy atom. The number of hydrogen-bond donors (Lipinski definition) is 0. The number of nitrogens with zero attached hydrogens (tertiary/aromatic N) is 4. The fourth-order valence-electron chi connectivity index (χ4n) is 10.8. The predicted octanol–water partition coefficient (Wildman–Crippen LogP) is 16.2. The predicted molar refractivity (Wildman–Crippen MR) is 276 cm³/mol. The first-order chi connectivity index (χ1) is 33.2. The van der Waals surface area contributed by atoms with E-state index in [1.165, 1.54) is 44.5 Å². The highest BCUT2D eigenvalue weighted by Gasteiger charge is 2.51. The standard InChI is InChI=1S/C63H42N4/c1-4-18-45(19-5-1)66(46-20-6-2-7-21-46)49-37-39-50(40-38-49)67(47-22-8-3-9-23-47)48-35-32-43(33-36-48)61-62(65-60-31-17-16-30-59(60)64-61)44-34-41-54-53-26-12-15-29-57(53)63(58(54)42-44)55-27-13-10-24-51(55)52-25-11-14-28-56(52)63/h1-42H. The highest BCUT2D eigenvalue weighted by Crippen LogP contribution is 2.63. The van der Waals surface area contributed by atoms with Crippen molar-refractivity contribution in [1.82, 2.24) is 9.97 Å². The molecular weight excluding hydrogens is 813 g/mol. The summed E-state index contributed by atoms with van der Waals surface area (Å²) in [6.45, 7) is 0. The van der Waals surface area contributed by atoms with Crippen LogP contribution < -0.4 is 9.80 Å². The van der Waals surface area contributed by atoms with Gasteiger partial charge in [0.2, 0.25) is 0 Å². The third-order valence-electron chi connectivity index (χ3n) is 13.6. The van der Waals surface area contributed by atoms with Crippen molar-refractivity contribution < 1.29 is 0 Å². The Hall–Kier alpha value is -8.86. The van der Waals surface area contributed by atoms with Gasteiger partial charge in [-0.1, -0.05) is 164 Å². The van der Waals surface area contributed by atoms with Gasteiger partial charge in [-0.05, 0) is 136 Å². The van der Waals surface area contributed by atoms with E-state index < -0.39 is 5.41 Å². The quantitative estimate of drug-likeness (QED) is 0.152. The second-order valence-corrected chi connectivity index (χ2v) is 17.3. The molecule has 0 saturated heterocycles. The van der Waals surface area contributed by atoms with Gasteiger partial charge in [0.05, 0.1) is 27.8 Å². The van der Waals surface area contributed by atoms with Crippen molar-refractivity contribution in [2.24, 2.45) is 0 Å². The highest BCUT2D eigenvalue weighted by atomic mass is 15.2. The summed E-state index contributed by atoms with van der Waals surface area (Å²) in [5.74, 6) is 0. The van der Waals surface area contributed by atoms with E-state index in [4.69, 9.17) is 9.97 Å². The minimum Gasteiger partial charge on any atom is -0.311 e. The van der Waals surface area contributed by atoms with Crippen molar-refractivity contribution in [3.8, 4) is 44.8 Å². The van der Waals surface area contributed by atoms with Crippen LogP contribution in [0.5, 0.6) is 0 Å². The number of aromatic nitrogens is 2. The van der Waals surface area contributed by atoms with Gasteiger partial charge in [0.15, 0.2) is 0 Å². The second-order valence-electron chi connectivity index (χ2n) is 17.3. The van der Waals surface area contributed by atoms with Crippen molar-refractivity contribution in [2.45, 2.75) is 5.41 Å². The van der Waals surface area contributed by atoms with Crippen molar-refractivity contribution in [2.75, 3.05) is 9.80 Å². The number of fused-ring (bicyclic) bond motifs is 11. The van der Waals surface area contributed by atoms with Gasteiger partial charge < -0.3 is 9.80 Å². The van der Waals surface area contributed by atoms with Gasteiger partial charge in [-0.3, -0.25) is 0 Å². The molecule has 2 aliphatic rings. The lowest BCUT2D eigenvalue weighted by molar-refractivity contribution is 0.794. The van der Waals surface area contributed by atoms with Gasteiger partial charge >= 0.3 is 0 Å². The monoisotopic (exact) mass is 854 g/mol. The first-order valence-corrected chi connectivity index (χ1v) is 22.9. The Labute approximate surface area is 390 Å². The molecule has 0 radical (unpaired) electrons. The summed E-state index contributed by atoms with van der Waals surface area (Å²) in [6.07, 6.45) is 0. The van der Waals surface area contributed by atoms with Crippen molar-refractivity contribution in [1.29, 1.82) is 0 Å². The van der Waals surface area contributed by atoms with Gasteiger partial charge in [-0.2, -0.15) is 0 Å². The summed E-state index contributed by atoms with van der Waals surface area (Å²) in [7, 11) is 0. The van der Waals surface area contributed by atoms with Crippen molar-refractivity contribution in [3.05, 3.63) is 277 Å². The fraction of sp³-hybridized carbons (Fsp3) is 0.0159. The molecule has 11 aromatic rings. The molecule has 0 amide bonds. The highest BCUT2D eigenvalue weighted by molar-refractivity contribution is 5.97. The van der Waals surface area contributed by atoms with Gasteiger partial charge in [-0.15, -0.1) is 0 Å². The first-order valence-electron chi connectivity index (χ1n) is 22.9. The largest absolute Gasteiger partial charge is 0.311 e. The van der Waals surface area contributed by atoms with Crippen LogP contribution in [-0.4, -0.2) is 9.97 Å². The van der Waals surface area contributed by atoms with E-state index in [2.05, 4.69) is 252 Å². The molecule has 0 saturated carbocycles. The maximum atomic E-state index is 5.44. The smallest absolute Gasteiger partial charge is 0.0973 e. The zero-order valence-corrected chi connectivity index (χ0v) is 36.5. The zero-order valence-electron chi connectivity index (χ0n) is 36.5. The van der Waals surface area contributed by atoms with Crippen LogP contribution in [0.2, 0.25) is 0 Å². The minimum atomic E-state index is -0.457. The number of anilines is 6. The summed E-state index contributed by atoms with van der Waals surface area (Å²) in [6, 6.07) is 91.3. The number of hydrogen-bond acceptors (Lipinski definition) is 4. The van der Waals surface area contributed by atoms with Crippen LogP contribution >= 0.6 is 0 Å². The molecule has 13 rings (SSSR count). The Bertz CT molecular complexity index is 3520. The molecule has 1 aromatic heterocycles. The van der Waals surface area contributed by atoms with Crippen LogP contribution in [-0.2, 0) is 5.41 Å². The normalized spacial score (nSPS) is 12.6. The molecule has 314 valence electrons. The Morgan fingerprint density at radius 2 is 0.567 bits per heavy atom. The Balaban J connectivity index is 0.928. The molecule has 0 fully saturated rings. The lowest BCUT2D eigenvalue weighted by Gasteiger charge is -2.30. The molecule has 0 bridgehead atoms. The van der Waals surface area contributed by atoms with E-state index in [1.54, 1.807) is 0 Å². The molecule has 2 aliphatic carbocycles. The zero-order chi connectivity index (χ0) is 44.3. The van der Waals surface area contributed by atoms with Crippen LogP contribution in [0.4, 0.5) is 34.1 Å². The van der Waals surface area contributed by atoms with Gasteiger partial charge in [0.25, 0.3) is 0 Å². The SMILES string of the molecule is c1ccc(N(c2ccccc2)c2ccc(N(c3ccccc3)c3ccc(-c4nc5ccccc5nc4-c4ccc5c(c4)C4(c6ccccc6-c6ccccc64)c4ccccc4-5)cc3)cc2)cc1. The molecule has 1 spiro atoms. The lowest BCUT2D eigenvalue weighted by atomic mass is 9.70. The summed E-state index contributed by atoms with van der Waals surface area (Å²) in [5, 5.41) is 0. The van der Waals surface area contributed by atoms with Gasteiger partial charge in [-0.25, -0.2) is 9.97 Å². The molecule has 0 atom stereocenters. The molecule has 67 heavy (non-hydrogen) atoms. The summed E-state index contributed by atoms with van der Waals surface area (Å²) in [5.41, 5.74) is 21.8. The summed E-state index contributed by atoms with van der Waals surface area (Å²) < 4.78 is 0. The maximum absolute atomic E-state index is 5.44. The van der Waals surface area contributed by atoms with E-state index in [1.807, 2.05) is 12.1 Å². The molecule has 4 nitrogen and oxygen atoms in total.